The molecule has 63 heavy (non-hydrogen) atoms. The zero-order valence-corrected chi connectivity index (χ0v) is 34.9. The van der Waals surface area contributed by atoms with Crippen LogP contribution in [0.5, 0.6) is 0 Å². The van der Waals surface area contributed by atoms with E-state index in [9.17, 15) is 28.0 Å². The van der Waals surface area contributed by atoms with Gasteiger partial charge in [-0.1, -0.05) is 68.4 Å². The number of methoxy groups -OCH3 is 2. The van der Waals surface area contributed by atoms with Gasteiger partial charge >= 0.3 is 12.2 Å². The lowest BCUT2D eigenvalue weighted by atomic mass is 10.0. The van der Waals surface area contributed by atoms with Crippen LogP contribution in [-0.4, -0.2) is 92.6 Å². The Hall–Kier alpha value is -7.17. The normalized spacial score (nSPS) is 19.5. The molecular weight excluding hydrogens is 813 g/mol. The molecule has 3 aromatic carbocycles. The Balaban J connectivity index is 0.901. The number of aromatic nitrogens is 5. The number of alkyl carbamates (subject to hydrolysis) is 2. The van der Waals surface area contributed by atoms with Gasteiger partial charge in [-0.15, -0.1) is 0 Å². The number of pyridine rings is 1. The SMILES string of the molecule is COC(=O)N[C@H]1CCc2cccc3c2N(C1=O)[C@H](c1nc2ccc(-c4ccc(-c5ccc(-c6cnc([C@@H]7CC(F)(F)CN7C(=O)[C@@H](NC(=O)OC)C(C)C)[nH]6)cc5)nc4)cc2[nH]1)C3. The summed E-state index contributed by atoms with van der Waals surface area (Å²) in [5, 5.41) is 5.20. The van der Waals surface area contributed by atoms with Gasteiger partial charge in [-0.3, -0.25) is 19.5 Å². The van der Waals surface area contributed by atoms with Gasteiger partial charge in [0.05, 0.1) is 67.2 Å². The lowest BCUT2D eigenvalue weighted by Gasteiger charge is -2.29. The van der Waals surface area contributed by atoms with Gasteiger partial charge in [-0.25, -0.2) is 28.3 Å². The molecule has 0 aliphatic carbocycles. The molecule has 6 heterocycles. The van der Waals surface area contributed by atoms with Crippen LogP contribution in [0.1, 0.15) is 61.5 Å². The van der Waals surface area contributed by atoms with Crippen molar-refractivity contribution in [2.45, 2.75) is 69.6 Å². The van der Waals surface area contributed by atoms with Gasteiger partial charge in [0.25, 0.3) is 5.92 Å². The van der Waals surface area contributed by atoms with E-state index in [-0.39, 0.29) is 23.7 Å². The summed E-state index contributed by atoms with van der Waals surface area (Å²) in [7, 11) is 2.45. The number of H-pyrrole nitrogens is 2. The summed E-state index contributed by atoms with van der Waals surface area (Å²) in [6, 6.07) is 20.3. The van der Waals surface area contributed by atoms with E-state index in [2.05, 4.69) is 30.3 Å². The van der Waals surface area contributed by atoms with Crippen molar-refractivity contribution in [3.63, 3.8) is 0 Å². The van der Waals surface area contributed by atoms with E-state index in [0.717, 1.165) is 60.7 Å². The van der Waals surface area contributed by atoms with Crippen molar-refractivity contribution in [2.24, 2.45) is 5.92 Å². The van der Waals surface area contributed by atoms with Crippen LogP contribution >= 0.6 is 0 Å². The molecular formula is C46H45F2N9O6. The summed E-state index contributed by atoms with van der Waals surface area (Å²) in [4.78, 5) is 75.2. The molecule has 1 saturated heterocycles. The minimum atomic E-state index is -3.14. The fraction of sp³-hybridized carbons (Fsp3) is 0.326. The first-order chi connectivity index (χ1) is 30.3. The summed E-state index contributed by atoms with van der Waals surface area (Å²) in [6.45, 7) is 2.64. The van der Waals surface area contributed by atoms with E-state index in [4.69, 9.17) is 14.7 Å². The third-order valence-electron chi connectivity index (χ3n) is 12.1. The van der Waals surface area contributed by atoms with Crippen molar-refractivity contribution in [2.75, 3.05) is 25.7 Å². The van der Waals surface area contributed by atoms with E-state index in [1.807, 2.05) is 72.8 Å². The maximum atomic E-state index is 14.8. The van der Waals surface area contributed by atoms with Crippen molar-refractivity contribution < 1.29 is 37.4 Å². The van der Waals surface area contributed by atoms with Gasteiger partial charge in [0.2, 0.25) is 11.8 Å². The molecule has 1 fully saturated rings. The summed E-state index contributed by atoms with van der Waals surface area (Å²) in [6.07, 6.45) is 2.96. The Labute approximate surface area is 360 Å². The Kier molecular flexibility index (Phi) is 10.6. The first-order valence-corrected chi connectivity index (χ1v) is 20.7. The van der Waals surface area contributed by atoms with Crippen molar-refractivity contribution in [1.29, 1.82) is 0 Å². The number of para-hydroxylation sites is 1. The third kappa shape index (κ3) is 7.83. The first-order valence-electron chi connectivity index (χ1n) is 20.7. The van der Waals surface area contributed by atoms with E-state index in [1.54, 1.807) is 31.1 Å². The van der Waals surface area contributed by atoms with Gasteiger partial charge in [-0.2, -0.15) is 0 Å². The molecule has 0 spiro atoms. The lowest BCUT2D eigenvalue weighted by molar-refractivity contribution is -0.136. The number of benzene rings is 3. The molecule has 0 unspecified atom stereocenters. The Bertz CT molecular complexity index is 2730. The number of nitrogens with one attached hydrogen (secondary N) is 4. The van der Waals surface area contributed by atoms with Crippen LogP contribution in [0.4, 0.5) is 24.1 Å². The predicted molar refractivity (Wildman–Crippen MR) is 229 cm³/mol. The molecule has 17 heteroatoms. The average Bonchev–Trinajstić information content (AvgIpc) is 4.08. The fourth-order valence-corrected chi connectivity index (χ4v) is 8.93. The van der Waals surface area contributed by atoms with E-state index in [1.165, 1.54) is 14.2 Å². The molecule has 4 amide bonds. The number of carbonyl (C=O) groups is 4. The molecule has 3 aromatic heterocycles. The first kappa shape index (κ1) is 41.2. The van der Waals surface area contributed by atoms with E-state index in [0.29, 0.717) is 30.8 Å². The maximum Gasteiger partial charge on any atom is 0.407 e. The minimum Gasteiger partial charge on any atom is -0.453 e. The van der Waals surface area contributed by atoms with Crippen molar-refractivity contribution >= 4 is 40.7 Å². The van der Waals surface area contributed by atoms with Crippen LogP contribution in [0.2, 0.25) is 0 Å². The highest BCUT2D eigenvalue weighted by Gasteiger charge is 2.50. The van der Waals surface area contributed by atoms with Gasteiger partial charge in [0, 0.05) is 30.2 Å². The summed E-state index contributed by atoms with van der Waals surface area (Å²) in [5.41, 5.74) is 9.34. The number of hydrogen-bond donors (Lipinski definition) is 4. The van der Waals surface area contributed by atoms with Crippen molar-refractivity contribution in [3.8, 4) is 33.6 Å². The third-order valence-corrected chi connectivity index (χ3v) is 12.1. The zero-order valence-electron chi connectivity index (χ0n) is 34.9. The highest BCUT2D eigenvalue weighted by atomic mass is 19.3. The maximum absolute atomic E-state index is 14.8. The second kappa shape index (κ2) is 16.3. The molecule has 3 aliphatic rings. The monoisotopic (exact) mass is 857 g/mol. The Morgan fingerprint density at radius 1 is 0.841 bits per heavy atom. The van der Waals surface area contributed by atoms with Crippen LogP contribution in [-0.2, 0) is 31.9 Å². The van der Waals surface area contributed by atoms with Crippen LogP contribution in [0, 0.1) is 5.92 Å². The molecule has 3 aliphatic heterocycles. The summed E-state index contributed by atoms with van der Waals surface area (Å²) in [5.74, 6) is -3.47. The predicted octanol–water partition coefficient (Wildman–Crippen LogP) is 7.27. The molecule has 4 N–H and O–H groups in total. The van der Waals surface area contributed by atoms with Crippen LogP contribution in [0.3, 0.4) is 0 Å². The van der Waals surface area contributed by atoms with Crippen molar-refractivity contribution in [3.05, 3.63) is 108 Å². The number of amides is 4. The quantitative estimate of drug-likeness (QED) is 0.116. The number of carbonyl (C=O) groups excluding carboxylic acids is 4. The number of ether oxygens (including phenoxy) is 2. The van der Waals surface area contributed by atoms with Crippen LogP contribution < -0.4 is 15.5 Å². The van der Waals surface area contributed by atoms with Crippen molar-refractivity contribution in [1.82, 2.24) is 40.5 Å². The second-order valence-electron chi connectivity index (χ2n) is 16.5. The number of likely N-dealkylation sites (tertiary alicyclic amines) is 1. The van der Waals surface area contributed by atoms with E-state index < -0.39 is 55.1 Å². The smallest absolute Gasteiger partial charge is 0.407 e. The molecule has 0 saturated carbocycles. The molecule has 324 valence electrons. The van der Waals surface area contributed by atoms with Gasteiger partial charge in [-0.05, 0) is 59.2 Å². The second-order valence-corrected chi connectivity index (χ2v) is 16.5. The average molecular weight is 858 g/mol. The number of halogens is 2. The largest absolute Gasteiger partial charge is 0.453 e. The molecule has 0 radical (unpaired) electrons. The Morgan fingerprint density at radius 3 is 2.30 bits per heavy atom. The number of anilines is 1. The van der Waals surface area contributed by atoms with Gasteiger partial charge in [0.1, 0.15) is 23.7 Å². The summed E-state index contributed by atoms with van der Waals surface area (Å²) < 4.78 is 39.1. The highest BCUT2D eigenvalue weighted by Crippen LogP contribution is 2.45. The van der Waals surface area contributed by atoms with Gasteiger partial charge < -0.3 is 35.0 Å². The Morgan fingerprint density at radius 2 is 1.57 bits per heavy atom. The number of nitrogens with zero attached hydrogens (tertiary/aromatic N) is 5. The topological polar surface area (TPSA) is 188 Å². The van der Waals surface area contributed by atoms with Crippen LogP contribution in [0.15, 0.2) is 85.2 Å². The molecule has 9 rings (SSSR count). The fourth-order valence-electron chi connectivity index (χ4n) is 8.93. The highest BCUT2D eigenvalue weighted by molar-refractivity contribution is 6.02. The lowest BCUT2D eigenvalue weighted by Crippen LogP contribution is -2.51. The minimum absolute atomic E-state index is 0.199. The summed E-state index contributed by atoms with van der Waals surface area (Å²) >= 11 is 0. The molecule has 15 nitrogen and oxygen atoms in total. The van der Waals surface area contributed by atoms with E-state index >= 15 is 0 Å². The number of rotatable bonds is 9. The molecule has 0 bridgehead atoms. The van der Waals surface area contributed by atoms with Crippen LogP contribution in [0.25, 0.3) is 44.7 Å². The number of aromatic amines is 2. The molecule has 6 aromatic rings. The van der Waals surface area contributed by atoms with Gasteiger partial charge in [0.15, 0.2) is 0 Å². The zero-order chi connectivity index (χ0) is 44.2. The number of alkyl halides is 2. The number of hydrogen-bond acceptors (Lipinski definition) is 9. The standard InChI is InChI=1S/C46H45F2N9O6/c1-24(2)38(55-45(61)63-4)43(59)56-23-46(47,48)20-37(56)40-50-22-35(53-40)26-10-8-25(9-11-26)31-15-14-30(21-49-31)28-13-16-32-34(18-28)52-41(51-32)36-19-29-7-5-6-27-12-17-33(54-44(60)62-3)42(58)57(36)39(27)29/h5-11,13-16,18,21-22,24,33,36-38H,12,17,19-20,23H2,1-4H3,(H,50,53)(H,51,52)(H,54,60)(H,55,61)/t33-,36-,37-,38-/m0/s1. The number of aryl methyl sites for hydroxylation is 1. The number of fused-ring (bicyclic) bond motifs is 1. The molecule has 4 atom stereocenters. The number of imidazole rings is 2.